The third-order valence-electron chi connectivity index (χ3n) is 4.62. The fraction of sp³-hybridized carbons (Fsp3) is 0.636. The number of nitrogens with one attached hydrogen (secondary N) is 2. The number of anilines is 1. The van der Waals surface area contributed by atoms with Gasteiger partial charge < -0.3 is 25.2 Å². The number of unbranched alkanes of at least 4 members (excludes halogenated alkanes) is 5. The molecule has 8 heteroatoms. The topological polar surface area (TPSA) is 96.9 Å². The van der Waals surface area contributed by atoms with Crippen LogP contribution in [0.5, 0.6) is 5.75 Å². The number of ether oxygens (including phenoxy) is 2. The lowest BCUT2D eigenvalue weighted by atomic mass is 10.0. The first-order valence-corrected chi connectivity index (χ1v) is 11.0. The van der Waals surface area contributed by atoms with Crippen molar-refractivity contribution in [1.82, 2.24) is 5.32 Å². The van der Waals surface area contributed by atoms with E-state index in [2.05, 4.69) is 17.6 Å². The van der Waals surface area contributed by atoms with Crippen LogP contribution in [0.4, 0.5) is 10.5 Å². The van der Waals surface area contributed by atoms with Crippen LogP contribution in [0.2, 0.25) is 5.02 Å². The predicted molar refractivity (Wildman–Crippen MR) is 119 cm³/mol. The molecule has 0 spiro atoms. The lowest BCUT2D eigenvalue weighted by molar-refractivity contribution is -0.123. The fourth-order valence-corrected chi connectivity index (χ4v) is 2.83. The molecule has 0 heterocycles. The van der Waals surface area contributed by atoms with Crippen LogP contribution in [0.3, 0.4) is 0 Å². The van der Waals surface area contributed by atoms with Crippen LogP contribution in [0.25, 0.3) is 0 Å². The Morgan fingerprint density at radius 2 is 1.77 bits per heavy atom. The van der Waals surface area contributed by atoms with Gasteiger partial charge in [-0.1, -0.05) is 57.6 Å². The molecule has 0 fully saturated rings. The Kier molecular flexibility index (Phi) is 12.2. The summed E-state index contributed by atoms with van der Waals surface area (Å²) in [5.41, 5.74) is -1.11. The van der Waals surface area contributed by atoms with E-state index in [-0.39, 0.29) is 6.61 Å². The molecular weight excluding hydrogens is 408 g/mol. The Morgan fingerprint density at radius 1 is 1.07 bits per heavy atom. The number of halogens is 1. The third-order valence-corrected chi connectivity index (χ3v) is 4.92. The van der Waals surface area contributed by atoms with Crippen LogP contribution in [0.15, 0.2) is 18.2 Å². The second-order valence-corrected chi connectivity index (χ2v) is 7.87. The van der Waals surface area contributed by atoms with Crippen molar-refractivity contribution in [2.24, 2.45) is 0 Å². The molecule has 3 N–H and O–H groups in total. The zero-order valence-corrected chi connectivity index (χ0v) is 19.0. The minimum Gasteiger partial charge on any atom is -0.492 e. The van der Waals surface area contributed by atoms with Gasteiger partial charge in [0, 0.05) is 5.69 Å². The average molecular weight is 443 g/mol. The molecule has 1 aromatic rings. The highest BCUT2D eigenvalue weighted by atomic mass is 35.5. The third kappa shape index (κ3) is 9.22. The van der Waals surface area contributed by atoms with Crippen LogP contribution in [0.1, 0.15) is 65.7 Å². The lowest BCUT2D eigenvalue weighted by Gasteiger charge is -2.27. The summed E-state index contributed by atoms with van der Waals surface area (Å²) in [6.45, 7) is 5.81. The standard InChI is InChI=1S/C22H35ClN2O5/c1-4-6-8-9-10-14-29-19-12-11-17(15-18(19)23)24-20(27)22(3,16-26)25-21(28)30-13-7-5-2/h11-12,15,26H,4-10,13-14,16H2,1-3H3,(H,24,27)(H,25,28)/t22-/m0/s1. The van der Waals surface area contributed by atoms with Crippen molar-refractivity contribution in [1.29, 1.82) is 0 Å². The number of rotatable bonds is 14. The molecule has 1 rings (SSSR count). The molecule has 0 aromatic heterocycles. The minimum absolute atomic E-state index is 0.251. The summed E-state index contributed by atoms with van der Waals surface area (Å²) < 4.78 is 10.7. The number of amides is 2. The van der Waals surface area contributed by atoms with Crippen molar-refractivity contribution in [2.45, 2.75) is 71.3 Å². The molecule has 0 unspecified atom stereocenters. The number of alkyl carbamates (subject to hydrolysis) is 1. The Bertz CT molecular complexity index is 671. The second-order valence-electron chi connectivity index (χ2n) is 7.47. The first-order chi connectivity index (χ1) is 14.4. The van der Waals surface area contributed by atoms with Gasteiger partial charge in [0.25, 0.3) is 5.91 Å². The molecule has 2 amide bonds. The maximum absolute atomic E-state index is 12.6. The van der Waals surface area contributed by atoms with E-state index in [4.69, 9.17) is 21.1 Å². The van der Waals surface area contributed by atoms with Crippen molar-refractivity contribution in [3.8, 4) is 5.75 Å². The highest BCUT2D eigenvalue weighted by Gasteiger charge is 2.35. The number of aliphatic hydroxyl groups excluding tert-OH is 1. The van der Waals surface area contributed by atoms with E-state index in [0.717, 1.165) is 25.7 Å². The summed E-state index contributed by atoms with van der Waals surface area (Å²) in [6, 6.07) is 4.92. The molecule has 30 heavy (non-hydrogen) atoms. The highest BCUT2D eigenvalue weighted by molar-refractivity contribution is 6.32. The van der Waals surface area contributed by atoms with Gasteiger partial charge in [-0.2, -0.15) is 0 Å². The molecule has 0 aliphatic rings. The molecule has 0 saturated heterocycles. The van der Waals surface area contributed by atoms with Gasteiger partial charge in [0.05, 0.1) is 24.8 Å². The number of aliphatic hydroxyl groups is 1. The van der Waals surface area contributed by atoms with Gasteiger partial charge in [0.1, 0.15) is 11.3 Å². The van der Waals surface area contributed by atoms with Crippen molar-refractivity contribution >= 4 is 29.3 Å². The first kappa shape index (κ1) is 26.0. The van der Waals surface area contributed by atoms with Gasteiger partial charge in [-0.05, 0) is 38.0 Å². The normalized spacial score (nSPS) is 12.7. The summed E-state index contributed by atoms with van der Waals surface area (Å²) >= 11 is 6.26. The molecule has 0 aliphatic heterocycles. The van der Waals surface area contributed by atoms with Crippen LogP contribution in [-0.4, -0.2) is 42.5 Å². The molecular formula is C22H35ClN2O5. The molecule has 0 saturated carbocycles. The second kappa shape index (κ2) is 14.1. The van der Waals surface area contributed by atoms with Crippen molar-refractivity contribution in [3.63, 3.8) is 0 Å². The molecule has 0 bridgehead atoms. The molecule has 1 aromatic carbocycles. The summed E-state index contributed by atoms with van der Waals surface area (Å²) in [5.74, 6) is -0.0363. The van der Waals surface area contributed by atoms with E-state index in [1.807, 2.05) is 6.92 Å². The van der Waals surface area contributed by atoms with Crippen molar-refractivity contribution in [3.05, 3.63) is 23.2 Å². The van der Waals surface area contributed by atoms with Gasteiger partial charge in [0.15, 0.2) is 0 Å². The lowest BCUT2D eigenvalue weighted by Crippen LogP contribution is -2.57. The Morgan fingerprint density at radius 3 is 2.40 bits per heavy atom. The van der Waals surface area contributed by atoms with E-state index in [0.29, 0.717) is 23.1 Å². The van der Waals surface area contributed by atoms with Gasteiger partial charge >= 0.3 is 6.09 Å². The SMILES string of the molecule is CCCCCCCOc1ccc(NC(=O)[C@](C)(CO)NC(=O)OCCCC)cc1Cl. The van der Waals surface area contributed by atoms with Crippen molar-refractivity contribution < 1.29 is 24.2 Å². The van der Waals surface area contributed by atoms with Gasteiger partial charge in [0.2, 0.25) is 0 Å². The summed E-state index contributed by atoms with van der Waals surface area (Å²) in [7, 11) is 0. The number of carbonyl (C=O) groups is 2. The van der Waals surface area contributed by atoms with Gasteiger partial charge in [-0.3, -0.25) is 4.79 Å². The van der Waals surface area contributed by atoms with Gasteiger partial charge in [-0.15, -0.1) is 0 Å². The predicted octanol–water partition coefficient (Wildman–Crippen LogP) is 4.91. The van der Waals surface area contributed by atoms with E-state index in [1.54, 1.807) is 18.2 Å². The molecule has 0 aliphatic carbocycles. The Labute approximate surface area is 184 Å². The fourth-order valence-electron chi connectivity index (χ4n) is 2.59. The number of carbonyl (C=O) groups excluding carboxylic acids is 2. The zero-order valence-electron chi connectivity index (χ0n) is 18.3. The highest BCUT2D eigenvalue weighted by Crippen LogP contribution is 2.28. The number of hydrogen-bond donors (Lipinski definition) is 3. The van der Waals surface area contributed by atoms with Crippen LogP contribution < -0.4 is 15.4 Å². The maximum atomic E-state index is 12.6. The number of benzene rings is 1. The maximum Gasteiger partial charge on any atom is 0.408 e. The van der Waals surface area contributed by atoms with Crippen LogP contribution in [-0.2, 0) is 9.53 Å². The molecule has 0 radical (unpaired) electrons. The smallest absolute Gasteiger partial charge is 0.408 e. The van der Waals surface area contributed by atoms with Gasteiger partial charge in [-0.25, -0.2) is 4.79 Å². The van der Waals surface area contributed by atoms with E-state index < -0.39 is 24.1 Å². The largest absolute Gasteiger partial charge is 0.492 e. The summed E-state index contributed by atoms with van der Waals surface area (Å²) in [4.78, 5) is 24.5. The first-order valence-electron chi connectivity index (χ1n) is 10.7. The minimum atomic E-state index is -1.54. The monoisotopic (exact) mass is 442 g/mol. The molecule has 7 nitrogen and oxygen atoms in total. The van der Waals surface area contributed by atoms with Crippen LogP contribution in [0, 0.1) is 0 Å². The van der Waals surface area contributed by atoms with E-state index >= 15 is 0 Å². The van der Waals surface area contributed by atoms with E-state index in [9.17, 15) is 14.7 Å². The zero-order chi connectivity index (χ0) is 22.4. The Hall–Kier alpha value is -1.99. The quantitative estimate of drug-likeness (QED) is 0.356. The average Bonchev–Trinajstić information content (AvgIpc) is 2.72. The van der Waals surface area contributed by atoms with Crippen LogP contribution >= 0.6 is 11.6 Å². The van der Waals surface area contributed by atoms with Crippen molar-refractivity contribution in [2.75, 3.05) is 25.1 Å². The molecule has 1 atom stereocenters. The Balaban J connectivity index is 2.60. The number of hydrogen-bond acceptors (Lipinski definition) is 5. The summed E-state index contributed by atoms with van der Waals surface area (Å²) in [6.07, 6.45) is 6.55. The molecule has 170 valence electrons. The van der Waals surface area contributed by atoms with E-state index in [1.165, 1.54) is 26.2 Å². The summed E-state index contributed by atoms with van der Waals surface area (Å²) in [5, 5.41) is 15.1.